The number of amides is 1. The van der Waals surface area contributed by atoms with Gasteiger partial charge in [-0.2, -0.15) is 0 Å². The molecular formula is C15H24N4OS. The normalized spacial score (nSPS) is 21.2. The molecule has 0 unspecified atom stereocenters. The van der Waals surface area contributed by atoms with Crippen LogP contribution in [0.2, 0.25) is 0 Å². The van der Waals surface area contributed by atoms with Crippen LogP contribution in [0.3, 0.4) is 0 Å². The van der Waals surface area contributed by atoms with E-state index in [-0.39, 0.29) is 5.91 Å². The summed E-state index contributed by atoms with van der Waals surface area (Å²) < 4.78 is 0. The van der Waals surface area contributed by atoms with Crippen LogP contribution in [0.15, 0.2) is 6.20 Å². The first kappa shape index (κ1) is 14.9. The molecule has 0 spiro atoms. The Morgan fingerprint density at radius 1 is 1.14 bits per heavy atom. The van der Waals surface area contributed by atoms with E-state index >= 15 is 0 Å². The lowest BCUT2D eigenvalue weighted by molar-refractivity contribution is 0.0740. The van der Waals surface area contributed by atoms with Crippen LogP contribution in [0, 0.1) is 0 Å². The molecule has 5 nitrogen and oxygen atoms in total. The maximum Gasteiger partial charge on any atom is 0.265 e. The third kappa shape index (κ3) is 4.02. The molecule has 21 heavy (non-hydrogen) atoms. The lowest BCUT2D eigenvalue weighted by Crippen LogP contribution is -2.46. The molecule has 0 saturated carbocycles. The molecule has 3 rings (SSSR count). The molecule has 0 bridgehead atoms. The Bertz CT molecular complexity index is 462. The summed E-state index contributed by atoms with van der Waals surface area (Å²) in [5.41, 5.74) is 0. The minimum absolute atomic E-state index is 0.149. The lowest BCUT2D eigenvalue weighted by Gasteiger charge is -2.26. The van der Waals surface area contributed by atoms with Crippen molar-refractivity contribution >= 4 is 17.2 Å². The number of thiazole rings is 1. The molecule has 1 amide bonds. The fourth-order valence-electron chi connectivity index (χ4n) is 2.99. The Kier molecular flexibility index (Phi) is 5.22. The van der Waals surface area contributed by atoms with Crippen molar-refractivity contribution < 1.29 is 4.79 Å². The quantitative estimate of drug-likeness (QED) is 0.921. The highest BCUT2D eigenvalue weighted by atomic mass is 32.1. The zero-order valence-electron chi connectivity index (χ0n) is 12.5. The second kappa shape index (κ2) is 7.33. The SMILES string of the molecule is O=C(c1cnc(CN2CCCCCC2)s1)N1CCNCC1. The molecule has 116 valence electrons. The molecule has 0 radical (unpaired) electrons. The van der Waals surface area contributed by atoms with Crippen LogP contribution in [-0.2, 0) is 6.54 Å². The molecule has 6 heteroatoms. The third-order valence-electron chi connectivity index (χ3n) is 4.23. The van der Waals surface area contributed by atoms with Crippen LogP contribution in [-0.4, -0.2) is 60.0 Å². The van der Waals surface area contributed by atoms with Gasteiger partial charge in [0.15, 0.2) is 0 Å². The van der Waals surface area contributed by atoms with E-state index in [1.165, 1.54) is 38.8 Å². The van der Waals surface area contributed by atoms with E-state index in [1.807, 2.05) is 4.90 Å². The van der Waals surface area contributed by atoms with Crippen molar-refractivity contribution in [1.82, 2.24) is 20.1 Å². The molecule has 0 aromatic carbocycles. The number of nitrogens with zero attached hydrogens (tertiary/aromatic N) is 3. The molecule has 1 aromatic rings. The molecule has 1 N–H and O–H groups in total. The van der Waals surface area contributed by atoms with E-state index in [0.717, 1.165) is 42.6 Å². The summed E-state index contributed by atoms with van der Waals surface area (Å²) in [6.45, 7) is 6.63. The van der Waals surface area contributed by atoms with Crippen LogP contribution >= 0.6 is 11.3 Å². The Labute approximate surface area is 130 Å². The fraction of sp³-hybridized carbons (Fsp3) is 0.733. The summed E-state index contributed by atoms with van der Waals surface area (Å²) in [4.78, 5) is 22.1. The fourth-order valence-corrected chi connectivity index (χ4v) is 3.92. The van der Waals surface area contributed by atoms with Gasteiger partial charge in [0.2, 0.25) is 0 Å². The van der Waals surface area contributed by atoms with Gasteiger partial charge in [0.25, 0.3) is 5.91 Å². The largest absolute Gasteiger partial charge is 0.335 e. The van der Waals surface area contributed by atoms with E-state index in [4.69, 9.17) is 0 Å². The van der Waals surface area contributed by atoms with Gasteiger partial charge >= 0.3 is 0 Å². The highest BCUT2D eigenvalue weighted by Gasteiger charge is 2.20. The standard InChI is InChI=1S/C15H24N4OS/c20-15(19-9-5-16-6-10-19)13-11-17-14(21-13)12-18-7-3-1-2-4-8-18/h11,16H,1-10,12H2. The number of carbonyl (C=O) groups is 1. The van der Waals surface area contributed by atoms with Gasteiger partial charge in [-0.1, -0.05) is 12.8 Å². The Morgan fingerprint density at radius 3 is 2.57 bits per heavy atom. The van der Waals surface area contributed by atoms with Crippen molar-refractivity contribution in [3.05, 3.63) is 16.1 Å². The van der Waals surface area contributed by atoms with Crippen molar-refractivity contribution in [3.63, 3.8) is 0 Å². The number of carbonyl (C=O) groups excluding carboxylic acids is 1. The summed E-state index contributed by atoms with van der Waals surface area (Å²) in [6.07, 6.45) is 7.04. The molecule has 2 fully saturated rings. The molecule has 0 atom stereocenters. The van der Waals surface area contributed by atoms with E-state index < -0.39 is 0 Å². The van der Waals surface area contributed by atoms with Gasteiger partial charge in [-0.05, 0) is 25.9 Å². The Morgan fingerprint density at radius 2 is 1.86 bits per heavy atom. The molecule has 1 aromatic heterocycles. The second-order valence-electron chi connectivity index (χ2n) is 5.85. The van der Waals surface area contributed by atoms with E-state index in [2.05, 4.69) is 15.2 Å². The average Bonchev–Trinajstić information content (AvgIpc) is 2.83. The van der Waals surface area contributed by atoms with Gasteiger partial charge in [0.05, 0.1) is 12.7 Å². The molecule has 2 saturated heterocycles. The maximum atomic E-state index is 12.4. The molecular weight excluding hydrogens is 284 g/mol. The van der Waals surface area contributed by atoms with Crippen LogP contribution in [0.25, 0.3) is 0 Å². The predicted molar refractivity (Wildman–Crippen MR) is 84.6 cm³/mol. The van der Waals surface area contributed by atoms with Gasteiger partial charge in [-0.25, -0.2) is 4.98 Å². The van der Waals surface area contributed by atoms with Gasteiger partial charge in [-0.3, -0.25) is 9.69 Å². The third-order valence-corrected chi connectivity index (χ3v) is 5.20. The van der Waals surface area contributed by atoms with Gasteiger partial charge in [-0.15, -0.1) is 11.3 Å². The number of hydrogen-bond donors (Lipinski definition) is 1. The zero-order chi connectivity index (χ0) is 14.5. The van der Waals surface area contributed by atoms with Gasteiger partial charge in [0.1, 0.15) is 9.88 Å². The number of rotatable bonds is 3. The van der Waals surface area contributed by atoms with E-state index in [9.17, 15) is 4.79 Å². The first-order chi connectivity index (χ1) is 10.3. The van der Waals surface area contributed by atoms with Crippen LogP contribution in [0.5, 0.6) is 0 Å². The number of aromatic nitrogens is 1. The van der Waals surface area contributed by atoms with Crippen molar-refractivity contribution in [2.45, 2.75) is 32.2 Å². The molecule has 2 aliphatic rings. The molecule has 2 aliphatic heterocycles. The summed E-state index contributed by atoms with van der Waals surface area (Å²) in [6, 6.07) is 0. The van der Waals surface area contributed by atoms with Crippen molar-refractivity contribution in [2.75, 3.05) is 39.3 Å². The van der Waals surface area contributed by atoms with E-state index in [1.54, 1.807) is 17.5 Å². The monoisotopic (exact) mass is 308 g/mol. The predicted octanol–water partition coefficient (Wildman–Crippen LogP) is 1.56. The number of hydrogen-bond acceptors (Lipinski definition) is 5. The Hall–Kier alpha value is -0.980. The van der Waals surface area contributed by atoms with Crippen molar-refractivity contribution in [3.8, 4) is 0 Å². The number of nitrogens with one attached hydrogen (secondary N) is 1. The average molecular weight is 308 g/mol. The first-order valence-corrected chi connectivity index (χ1v) is 8.81. The molecule has 0 aliphatic carbocycles. The highest BCUT2D eigenvalue weighted by molar-refractivity contribution is 7.13. The summed E-state index contributed by atoms with van der Waals surface area (Å²) in [5, 5.41) is 4.35. The molecule has 3 heterocycles. The van der Waals surface area contributed by atoms with Crippen molar-refractivity contribution in [1.29, 1.82) is 0 Å². The number of piperazine rings is 1. The lowest BCUT2D eigenvalue weighted by atomic mass is 10.2. The summed E-state index contributed by atoms with van der Waals surface area (Å²) in [7, 11) is 0. The highest BCUT2D eigenvalue weighted by Crippen LogP contribution is 2.19. The van der Waals surface area contributed by atoms with E-state index in [0.29, 0.717) is 0 Å². The van der Waals surface area contributed by atoms with Crippen molar-refractivity contribution in [2.24, 2.45) is 0 Å². The topological polar surface area (TPSA) is 48.5 Å². The number of likely N-dealkylation sites (tertiary alicyclic amines) is 1. The van der Waals surface area contributed by atoms with Crippen LogP contribution in [0.4, 0.5) is 0 Å². The summed E-state index contributed by atoms with van der Waals surface area (Å²) >= 11 is 1.57. The maximum absolute atomic E-state index is 12.4. The minimum atomic E-state index is 0.149. The Balaban J connectivity index is 1.58. The second-order valence-corrected chi connectivity index (χ2v) is 6.97. The van der Waals surface area contributed by atoms with Gasteiger partial charge < -0.3 is 10.2 Å². The van der Waals surface area contributed by atoms with Crippen LogP contribution in [0.1, 0.15) is 40.4 Å². The minimum Gasteiger partial charge on any atom is -0.335 e. The first-order valence-electron chi connectivity index (χ1n) is 8.00. The van der Waals surface area contributed by atoms with Crippen LogP contribution < -0.4 is 5.32 Å². The van der Waals surface area contributed by atoms with Gasteiger partial charge in [0, 0.05) is 26.2 Å². The smallest absolute Gasteiger partial charge is 0.265 e. The zero-order valence-corrected chi connectivity index (χ0v) is 13.3. The summed E-state index contributed by atoms with van der Waals surface area (Å²) in [5.74, 6) is 0.149.